The highest BCUT2D eigenvalue weighted by molar-refractivity contribution is 5.72. The van der Waals surface area contributed by atoms with E-state index in [9.17, 15) is 9.90 Å². The van der Waals surface area contributed by atoms with E-state index in [1.807, 2.05) is 13.8 Å². The summed E-state index contributed by atoms with van der Waals surface area (Å²) in [6, 6.07) is -0.0351. The van der Waals surface area contributed by atoms with Crippen LogP contribution < -0.4 is 5.32 Å². The monoisotopic (exact) mass is 298 g/mol. The van der Waals surface area contributed by atoms with Crippen LogP contribution in [0.1, 0.15) is 67.7 Å². The molecule has 0 radical (unpaired) electrons. The molecular weight excluding hydrogens is 268 g/mol. The normalized spacial score (nSPS) is 39.4. The second kappa shape index (κ2) is 4.59. The Morgan fingerprint density at radius 1 is 1.19 bits per heavy atom. The van der Waals surface area contributed by atoms with Crippen LogP contribution in [0.3, 0.4) is 0 Å². The predicted molar refractivity (Wildman–Crippen MR) is 82.0 cm³/mol. The summed E-state index contributed by atoms with van der Waals surface area (Å²) >= 11 is 0. The molecule has 5 heteroatoms. The van der Waals surface area contributed by atoms with E-state index in [1.165, 1.54) is 0 Å². The molecule has 2 heterocycles. The molecule has 2 aliphatic rings. The number of nitrogens with zero attached hydrogens (tertiary/aromatic N) is 1. The molecule has 2 aliphatic heterocycles. The number of hydrogen-bond donors (Lipinski definition) is 2. The van der Waals surface area contributed by atoms with E-state index in [4.69, 9.17) is 4.74 Å². The number of rotatable bonds is 2. The Labute approximate surface area is 128 Å². The van der Waals surface area contributed by atoms with Gasteiger partial charge in [0.05, 0.1) is 0 Å². The molecule has 2 saturated heterocycles. The average molecular weight is 298 g/mol. The first-order valence-electron chi connectivity index (χ1n) is 7.88. The van der Waals surface area contributed by atoms with Crippen LogP contribution in [0.15, 0.2) is 0 Å². The van der Waals surface area contributed by atoms with Crippen LogP contribution in [-0.2, 0) is 4.74 Å². The summed E-state index contributed by atoms with van der Waals surface area (Å²) in [5.41, 5.74) is -2.32. The summed E-state index contributed by atoms with van der Waals surface area (Å²) in [5.74, 6) is 0. The van der Waals surface area contributed by atoms with E-state index in [0.717, 1.165) is 12.8 Å². The fourth-order valence-electron chi connectivity index (χ4n) is 4.13. The second-order valence-electron chi connectivity index (χ2n) is 8.30. The first kappa shape index (κ1) is 16.6. The number of carbonyl (C=O) groups is 1. The minimum absolute atomic E-state index is 0.0351. The molecule has 2 atom stereocenters. The van der Waals surface area contributed by atoms with E-state index < -0.39 is 17.4 Å². The molecule has 122 valence electrons. The van der Waals surface area contributed by atoms with Crippen molar-refractivity contribution in [3.05, 3.63) is 0 Å². The Balaban J connectivity index is 2.35. The third kappa shape index (κ3) is 2.66. The number of amides is 1. The Bertz CT molecular complexity index is 429. The number of hydrogen-bond acceptors (Lipinski definition) is 4. The number of nitrogens with one attached hydrogen (secondary N) is 1. The van der Waals surface area contributed by atoms with Crippen molar-refractivity contribution in [1.29, 1.82) is 0 Å². The van der Waals surface area contributed by atoms with Gasteiger partial charge in [-0.15, -0.1) is 0 Å². The first-order valence-corrected chi connectivity index (χ1v) is 7.88. The Morgan fingerprint density at radius 2 is 1.67 bits per heavy atom. The molecule has 0 spiro atoms. The van der Waals surface area contributed by atoms with Gasteiger partial charge in [0, 0.05) is 17.1 Å². The molecular formula is C16H30N2O3. The molecule has 2 N–H and O–H groups in total. The summed E-state index contributed by atoms with van der Waals surface area (Å²) in [4.78, 5) is 14.0. The summed E-state index contributed by atoms with van der Waals surface area (Å²) in [5, 5.41) is 14.6. The fourth-order valence-corrected chi connectivity index (χ4v) is 4.13. The lowest BCUT2D eigenvalue weighted by Crippen LogP contribution is -2.66. The summed E-state index contributed by atoms with van der Waals surface area (Å²) in [6.07, 6.45) is 1.77. The molecule has 0 unspecified atom stereocenters. The van der Waals surface area contributed by atoms with Crippen molar-refractivity contribution in [3.63, 3.8) is 0 Å². The molecule has 0 bridgehead atoms. The zero-order valence-corrected chi connectivity index (χ0v) is 14.4. The highest BCUT2D eigenvalue weighted by Crippen LogP contribution is 2.44. The van der Waals surface area contributed by atoms with Gasteiger partial charge in [-0.3, -0.25) is 4.90 Å². The van der Waals surface area contributed by atoms with Gasteiger partial charge < -0.3 is 15.2 Å². The van der Waals surface area contributed by atoms with Gasteiger partial charge in [0.1, 0.15) is 0 Å². The van der Waals surface area contributed by atoms with Crippen molar-refractivity contribution in [1.82, 2.24) is 10.2 Å². The molecule has 2 fully saturated rings. The average Bonchev–Trinajstić information content (AvgIpc) is 2.40. The fraction of sp³-hybridized carbons (Fsp3) is 0.938. The number of piperidine rings is 1. The van der Waals surface area contributed by atoms with Crippen molar-refractivity contribution in [3.8, 4) is 0 Å². The highest BCUT2D eigenvalue weighted by atomic mass is 16.6. The van der Waals surface area contributed by atoms with Crippen LogP contribution in [0.2, 0.25) is 0 Å². The van der Waals surface area contributed by atoms with Crippen LogP contribution >= 0.6 is 0 Å². The summed E-state index contributed by atoms with van der Waals surface area (Å²) in [7, 11) is 0. The van der Waals surface area contributed by atoms with E-state index in [0.29, 0.717) is 6.42 Å². The van der Waals surface area contributed by atoms with Crippen molar-refractivity contribution >= 4 is 6.09 Å². The van der Waals surface area contributed by atoms with E-state index in [1.54, 1.807) is 11.8 Å². The van der Waals surface area contributed by atoms with Gasteiger partial charge in [-0.1, -0.05) is 6.92 Å². The lowest BCUT2D eigenvalue weighted by Gasteiger charge is -2.51. The second-order valence-corrected chi connectivity index (χ2v) is 8.30. The van der Waals surface area contributed by atoms with Crippen molar-refractivity contribution < 1.29 is 14.6 Å². The smallest absolute Gasteiger partial charge is 0.413 e. The van der Waals surface area contributed by atoms with Gasteiger partial charge in [-0.05, 0) is 60.8 Å². The van der Waals surface area contributed by atoms with E-state index in [2.05, 4.69) is 33.0 Å². The Morgan fingerprint density at radius 3 is 2.05 bits per heavy atom. The first-order chi connectivity index (χ1) is 9.34. The maximum atomic E-state index is 12.4. The zero-order valence-electron chi connectivity index (χ0n) is 14.4. The van der Waals surface area contributed by atoms with Crippen molar-refractivity contribution in [2.75, 3.05) is 0 Å². The Hall–Kier alpha value is -0.810. The highest BCUT2D eigenvalue weighted by Gasteiger charge is 2.61. The molecule has 0 aromatic rings. The van der Waals surface area contributed by atoms with Crippen LogP contribution in [0, 0.1) is 0 Å². The van der Waals surface area contributed by atoms with Crippen LogP contribution in [-0.4, -0.2) is 44.5 Å². The third-order valence-electron chi connectivity index (χ3n) is 5.19. The third-order valence-corrected chi connectivity index (χ3v) is 5.19. The molecule has 2 rings (SSSR count). The van der Waals surface area contributed by atoms with Crippen LogP contribution in [0.4, 0.5) is 4.79 Å². The van der Waals surface area contributed by atoms with Crippen LogP contribution in [0.25, 0.3) is 0 Å². The van der Waals surface area contributed by atoms with Gasteiger partial charge in [-0.2, -0.15) is 0 Å². The Kier molecular flexibility index (Phi) is 3.62. The van der Waals surface area contributed by atoms with Gasteiger partial charge in [0.25, 0.3) is 0 Å². The molecule has 0 aromatic carbocycles. The van der Waals surface area contributed by atoms with Gasteiger partial charge in [0.15, 0.2) is 11.3 Å². The van der Waals surface area contributed by atoms with Gasteiger partial charge >= 0.3 is 6.09 Å². The number of ether oxygens (including phenoxy) is 1. The zero-order chi connectivity index (χ0) is 16.3. The minimum atomic E-state index is -1.28. The SMILES string of the molecule is CC[C@]1(C)OC(=O)N(C2CC(C)(C)NC(C)(C)C2)[C@@]1(C)O. The van der Waals surface area contributed by atoms with Gasteiger partial charge in [0.2, 0.25) is 0 Å². The van der Waals surface area contributed by atoms with Gasteiger partial charge in [-0.25, -0.2) is 4.79 Å². The van der Waals surface area contributed by atoms with Crippen molar-refractivity contribution in [2.45, 2.75) is 96.2 Å². The molecule has 1 amide bonds. The van der Waals surface area contributed by atoms with E-state index >= 15 is 0 Å². The number of cyclic esters (lactones) is 1. The summed E-state index contributed by atoms with van der Waals surface area (Å²) in [6.45, 7) is 14.0. The lowest BCUT2D eigenvalue weighted by atomic mass is 9.77. The maximum absolute atomic E-state index is 12.4. The number of carbonyl (C=O) groups excluding carboxylic acids is 1. The topological polar surface area (TPSA) is 61.8 Å². The standard InChI is InChI=1S/C16H30N2O3/c1-8-15(6)16(7,20)18(12(19)21-15)11-9-13(2,3)17-14(4,5)10-11/h11,17,20H,8-10H2,1-7H3/t15-,16-/m0/s1. The molecule has 21 heavy (non-hydrogen) atoms. The molecule has 0 aliphatic carbocycles. The quantitative estimate of drug-likeness (QED) is 0.822. The predicted octanol–water partition coefficient (Wildman–Crippen LogP) is 2.63. The molecule has 5 nitrogen and oxygen atoms in total. The minimum Gasteiger partial charge on any atom is -0.438 e. The largest absolute Gasteiger partial charge is 0.438 e. The van der Waals surface area contributed by atoms with Crippen molar-refractivity contribution in [2.24, 2.45) is 0 Å². The maximum Gasteiger partial charge on any atom is 0.413 e. The summed E-state index contributed by atoms with van der Waals surface area (Å²) < 4.78 is 5.53. The number of aliphatic hydroxyl groups is 1. The van der Waals surface area contributed by atoms with E-state index in [-0.39, 0.29) is 17.1 Å². The molecule has 0 saturated carbocycles. The molecule has 0 aromatic heterocycles. The lowest BCUT2D eigenvalue weighted by molar-refractivity contribution is -0.153. The van der Waals surface area contributed by atoms with Crippen LogP contribution in [0.5, 0.6) is 0 Å².